The Bertz CT molecular complexity index is 461. The van der Waals surface area contributed by atoms with Crippen molar-refractivity contribution in [2.45, 2.75) is 30.6 Å². The smallest absolute Gasteiger partial charge is 0.411 e. The molecule has 2 rings (SSSR count). The minimum Gasteiger partial charge on any atom is -0.480 e. The van der Waals surface area contributed by atoms with Gasteiger partial charge in [-0.05, 0) is 12.8 Å². The zero-order valence-electron chi connectivity index (χ0n) is 10.2. The number of halogens is 3. The number of nitrogens with one attached hydrogen (secondary N) is 2. The Balaban J connectivity index is 2.10. The van der Waals surface area contributed by atoms with Gasteiger partial charge in [-0.2, -0.15) is 13.2 Å². The molecule has 0 radical (unpaired) electrons. The Kier molecular flexibility index (Phi) is 3.26. The number of carbonyl (C=O) groups is 3. The zero-order valence-corrected chi connectivity index (χ0v) is 10.2. The predicted octanol–water partition coefficient (Wildman–Crippen LogP) is -0.324. The van der Waals surface area contributed by atoms with E-state index in [4.69, 9.17) is 5.11 Å². The minimum absolute atomic E-state index is 0.250. The SMILES string of the molecule is O=C1CN(C(=O)NC2(C(F)(F)F)CC2)C(C(=O)O)CN1. The maximum atomic E-state index is 12.7. The fourth-order valence-electron chi connectivity index (χ4n) is 1.96. The molecule has 0 bridgehead atoms. The van der Waals surface area contributed by atoms with Crippen molar-refractivity contribution < 1.29 is 32.7 Å². The summed E-state index contributed by atoms with van der Waals surface area (Å²) in [5.41, 5.74) is -2.29. The minimum atomic E-state index is -4.60. The lowest BCUT2D eigenvalue weighted by Crippen LogP contribution is -2.63. The molecule has 112 valence electrons. The second kappa shape index (κ2) is 4.53. The second-order valence-electron chi connectivity index (χ2n) is 4.80. The Labute approximate surface area is 111 Å². The Morgan fingerprint density at radius 2 is 2.00 bits per heavy atom. The molecule has 1 saturated carbocycles. The lowest BCUT2D eigenvalue weighted by Gasteiger charge is -2.34. The first-order valence-electron chi connectivity index (χ1n) is 5.81. The van der Waals surface area contributed by atoms with Gasteiger partial charge in [0.05, 0.1) is 0 Å². The van der Waals surface area contributed by atoms with Crippen molar-refractivity contribution in [1.82, 2.24) is 15.5 Å². The molecule has 1 unspecified atom stereocenters. The highest BCUT2D eigenvalue weighted by Gasteiger charge is 2.64. The van der Waals surface area contributed by atoms with E-state index in [9.17, 15) is 27.6 Å². The van der Waals surface area contributed by atoms with Crippen LogP contribution in [0.4, 0.5) is 18.0 Å². The predicted molar refractivity (Wildman–Crippen MR) is 57.7 cm³/mol. The molecule has 0 spiro atoms. The lowest BCUT2D eigenvalue weighted by molar-refractivity contribution is -0.163. The molecule has 10 heteroatoms. The average Bonchev–Trinajstić information content (AvgIpc) is 3.08. The van der Waals surface area contributed by atoms with E-state index in [-0.39, 0.29) is 19.4 Å². The van der Waals surface area contributed by atoms with Gasteiger partial charge >= 0.3 is 18.2 Å². The summed E-state index contributed by atoms with van der Waals surface area (Å²) in [6.07, 6.45) is -5.10. The highest BCUT2D eigenvalue weighted by Crippen LogP contribution is 2.49. The lowest BCUT2D eigenvalue weighted by atomic mass is 10.2. The third kappa shape index (κ3) is 2.49. The number of carbonyl (C=O) groups excluding carboxylic acids is 2. The van der Waals surface area contributed by atoms with Crippen molar-refractivity contribution in [2.75, 3.05) is 13.1 Å². The molecule has 1 saturated heterocycles. The first-order chi connectivity index (χ1) is 9.16. The molecule has 1 atom stereocenters. The highest BCUT2D eigenvalue weighted by atomic mass is 19.4. The van der Waals surface area contributed by atoms with E-state index in [1.807, 2.05) is 0 Å². The van der Waals surface area contributed by atoms with E-state index < -0.39 is 42.2 Å². The van der Waals surface area contributed by atoms with Gasteiger partial charge in [-0.15, -0.1) is 0 Å². The topological polar surface area (TPSA) is 98.7 Å². The van der Waals surface area contributed by atoms with Crippen molar-refractivity contribution in [3.8, 4) is 0 Å². The Morgan fingerprint density at radius 1 is 1.40 bits per heavy atom. The molecule has 20 heavy (non-hydrogen) atoms. The fraction of sp³-hybridized carbons (Fsp3) is 0.700. The molecule has 1 aliphatic carbocycles. The Morgan fingerprint density at radius 3 is 2.45 bits per heavy atom. The van der Waals surface area contributed by atoms with Gasteiger partial charge in [-0.3, -0.25) is 9.69 Å². The average molecular weight is 295 g/mol. The maximum Gasteiger partial charge on any atom is 0.411 e. The molecule has 7 nitrogen and oxygen atoms in total. The van der Waals surface area contributed by atoms with Crippen molar-refractivity contribution >= 4 is 17.9 Å². The third-order valence-electron chi connectivity index (χ3n) is 3.37. The number of urea groups is 1. The van der Waals surface area contributed by atoms with Crippen LogP contribution in [-0.4, -0.2) is 58.8 Å². The van der Waals surface area contributed by atoms with Gasteiger partial charge < -0.3 is 15.7 Å². The molecule has 3 N–H and O–H groups in total. The van der Waals surface area contributed by atoms with Crippen molar-refractivity contribution in [3.05, 3.63) is 0 Å². The van der Waals surface area contributed by atoms with E-state index in [0.29, 0.717) is 4.90 Å². The van der Waals surface area contributed by atoms with Crippen LogP contribution in [0.25, 0.3) is 0 Å². The Hall–Kier alpha value is -2.00. The molecule has 0 aromatic heterocycles. The van der Waals surface area contributed by atoms with Gasteiger partial charge in [0.15, 0.2) is 0 Å². The largest absolute Gasteiger partial charge is 0.480 e. The van der Waals surface area contributed by atoms with Gasteiger partial charge in [0.2, 0.25) is 5.91 Å². The summed E-state index contributed by atoms with van der Waals surface area (Å²) in [5, 5.41) is 13.0. The number of hydrogen-bond donors (Lipinski definition) is 3. The van der Waals surface area contributed by atoms with Crippen molar-refractivity contribution in [2.24, 2.45) is 0 Å². The van der Waals surface area contributed by atoms with Gasteiger partial charge in [0.25, 0.3) is 0 Å². The molecular formula is C10H12F3N3O4. The zero-order chi connectivity index (χ0) is 15.1. The normalized spacial score (nSPS) is 24.9. The van der Waals surface area contributed by atoms with Gasteiger partial charge in [-0.1, -0.05) is 0 Å². The van der Waals surface area contributed by atoms with E-state index in [1.165, 1.54) is 0 Å². The van der Waals surface area contributed by atoms with Crippen LogP contribution in [0, 0.1) is 0 Å². The summed E-state index contributed by atoms with van der Waals surface area (Å²) in [7, 11) is 0. The monoisotopic (exact) mass is 295 g/mol. The molecule has 3 amide bonds. The summed E-state index contributed by atoms with van der Waals surface area (Å²) in [5.74, 6) is -2.01. The standard InChI is InChI=1S/C10H12F3N3O4/c11-10(12,13)9(1-2-9)15-8(20)16-4-6(17)14-3-5(16)7(18)19/h5H,1-4H2,(H,14,17)(H,15,20)(H,18,19). The molecule has 2 fully saturated rings. The van der Waals surface area contributed by atoms with Crippen molar-refractivity contribution in [1.29, 1.82) is 0 Å². The number of carboxylic acid groups (broad SMARTS) is 1. The first-order valence-corrected chi connectivity index (χ1v) is 5.81. The van der Waals surface area contributed by atoms with Crippen LogP contribution in [0.2, 0.25) is 0 Å². The number of rotatable bonds is 2. The van der Waals surface area contributed by atoms with E-state index in [1.54, 1.807) is 5.32 Å². The number of alkyl halides is 3. The molecule has 1 aliphatic heterocycles. The van der Waals surface area contributed by atoms with E-state index in [2.05, 4.69) is 5.32 Å². The van der Waals surface area contributed by atoms with Crippen LogP contribution in [0.1, 0.15) is 12.8 Å². The molecule has 1 heterocycles. The number of aliphatic carboxylic acids is 1. The van der Waals surface area contributed by atoms with E-state index >= 15 is 0 Å². The maximum absolute atomic E-state index is 12.7. The molecule has 2 aliphatic rings. The number of piperazine rings is 1. The van der Waals surface area contributed by atoms with E-state index in [0.717, 1.165) is 0 Å². The van der Waals surface area contributed by atoms with Crippen LogP contribution < -0.4 is 10.6 Å². The van der Waals surface area contributed by atoms with Gasteiger partial charge in [-0.25, -0.2) is 9.59 Å². The highest BCUT2D eigenvalue weighted by molar-refractivity contribution is 5.90. The summed E-state index contributed by atoms with van der Waals surface area (Å²) in [6.45, 7) is -0.919. The van der Waals surface area contributed by atoms with Crippen LogP contribution in [0.5, 0.6) is 0 Å². The first kappa shape index (κ1) is 14.4. The van der Waals surface area contributed by atoms with Gasteiger partial charge in [0.1, 0.15) is 18.1 Å². The summed E-state index contributed by atoms with van der Waals surface area (Å²) in [6, 6.07) is -2.57. The number of amides is 3. The summed E-state index contributed by atoms with van der Waals surface area (Å²) >= 11 is 0. The second-order valence-corrected chi connectivity index (χ2v) is 4.80. The molecule has 0 aromatic rings. The number of hydrogen-bond acceptors (Lipinski definition) is 3. The van der Waals surface area contributed by atoms with Gasteiger partial charge in [0, 0.05) is 6.54 Å². The van der Waals surface area contributed by atoms with Crippen LogP contribution in [0.3, 0.4) is 0 Å². The molecule has 0 aromatic carbocycles. The summed E-state index contributed by atoms with van der Waals surface area (Å²) in [4.78, 5) is 34.6. The molecular weight excluding hydrogens is 283 g/mol. The number of nitrogens with zero attached hydrogens (tertiary/aromatic N) is 1. The quantitative estimate of drug-likeness (QED) is 0.650. The van der Waals surface area contributed by atoms with Crippen LogP contribution in [0.15, 0.2) is 0 Å². The van der Waals surface area contributed by atoms with Crippen LogP contribution >= 0.6 is 0 Å². The van der Waals surface area contributed by atoms with Crippen LogP contribution in [-0.2, 0) is 9.59 Å². The summed E-state index contributed by atoms with van der Waals surface area (Å²) < 4.78 is 38.2. The van der Waals surface area contributed by atoms with Crippen molar-refractivity contribution in [3.63, 3.8) is 0 Å². The third-order valence-corrected chi connectivity index (χ3v) is 3.37. The number of carboxylic acids is 1. The fourth-order valence-corrected chi connectivity index (χ4v) is 1.96.